The lowest BCUT2D eigenvalue weighted by Gasteiger charge is -2.36. The van der Waals surface area contributed by atoms with Crippen molar-refractivity contribution in [2.24, 2.45) is 0 Å². The Balaban J connectivity index is 1.39. The molecule has 0 unspecified atom stereocenters. The Morgan fingerprint density at radius 3 is 2.15 bits per heavy atom. The quantitative estimate of drug-likeness (QED) is 0.557. The summed E-state index contributed by atoms with van der Waals surface area (Å²) < 4.78 is 37.0. The highest BCUT2D eigenvalue weighted by atomic mass is 32.2. The van der Waals surface area contributed by atoms with Crippen LogP contribution < -0.4 is 14.4 Å². The van der Waals surface area contributed by atoms with Gasteiger partial charge >= 0.3 is 0 Å². The first-order chi connectivity index (χ1) is 16.4. The molecule has 0 aliphatic carbocycles. The van der Waals surface area contributed by atoms with Crippen molar-refractivity contribution in [1.82, 2.24) is 9.47 Å². The molecule has 1 amide bonds. The minimum Gasteiger partial charge on any atom is -0.497 e. The number of anilines is 1. The number of fused-ring (bicyclic) bond motifs is 1. The fourth-order valence-corrected chi connectivity index (χ4v) is 6.19. The zero-order valence-corrected chi connectivity index (χ0v) is 20.0. The van der Waals surface area contributed by atoms with Crippen molar-refractivity contribution >= 4 is 21.4 Å². The van der Waals surface area contributed by atoms with Crippen LogP contribution in [-0.4, -0.2) is 64.2 Å². The molecule has 0 bridgehead atoms. The van der Waals surface area contributed by atoms with Crippen molar-refractivity contribution < 1.29 is 22.7 Å². The SMILES string of the molecule is COc1cc(OC)cc(N2CCN(C(=O)c3cc4n(c3-c3ccccc3)CS(=O)(=O)C4)CC2)c1. The Morgan fingerprint density at radius 2 is 1.53 bits per heavy atom. The molecule has 5 rings (SSSR count). The van der Waals surface area contributed by atoms with Crippen LogP contribution in [0.4, 0.5) is 5.69 Å². The molecule has 0 N–H and O–H groups in total. The maximum Gasteiger partial charge on any atom is 0.256 e. The summed E-state index contributed by atoms with van der Waals surface area (Å²) in [5.74, 6) is 1.25. The lowest BCUT2D eigenvalue weighted by molar-refractivity contribution is 0.0747. The lowest BCUT2D eigenvalue weighted by atomic mass is 10.1. The van der Waals surface area contributed by atoms with Gasteiger partial charge in [-0.1, -0.05) is 30.3 Å². The third-order valence-electron chi connectivity index (χ3n) is 6.42. The molecule has 3 heterocycles. The second-order valence-electron chi connectivity index (χ2n) is 8.56. The molecule has 0 spiro atoms. The molecule has 2 aliphatic rings. The third kappa shape index (κ3) is 4.11. The molecule has 1 aromatic heterocycles. The number of carbonyl (C=O) groups is 1. The van der Waals surface area contributed by atoms with Crippen LogP contribution in [0, 0.1) is 0 Å². The van der Waals surface area contributed by atoms with Crippen molar-refractivity contribution in [1.29, 1.82) is 0 Å². The zero-order chi connectivity index (χ0) is 23.9. The van der Waals surface area contributed by atoms with Crippen LogP contribution in [0.2, 0.25) is 0 Å². The molecule has 1 fully saturated rings. The Bertz CT molecular complexity index is 1300. The van der Waals surface area contributed by atoms with Gasteiger partial charge in [-0.15, -0.1) is 0 Å². The first kappa shape index (κ1) is 22.3. The number of hydrogen-bond acceptors (Lipinski definition) is 6. The predicted octanol–water partition coefficient (Wildman–Crippen LogP) is 3.02. The standard InChI is InChI=1S/C25H27N3O5S/c1-32-21-12-19(13-22(15-21)33-2)26-8-10-27(11-9-26)25(29)23-14-20-16-34(30,31)17-28(20)24(23)18-6-4-3-5-7-18/h3-7,12-15H,8-11,16-17H2,1-2H3. The van der Waals surface area contributed by atoms with Crippen LogP contribution in [0.1, 0.15) is 16.1 Å². The Hall–Kier alpha value is -3.46. The summed E-state index contributed by atoms with van der Waals surface area (Å²) in [7, 11) is 0.0514. The number of nitrogens with zero attached hydrogens (tertiary/aromatic N) is 3. The molecule has 2 aromatic carbocycles. The van der Waals surface area contributed by atoms with E-state index in [1.165, 1.54) is 0 Å². The number of carbonyl (C=O) groups excluding carboxylic acids is 1. The maximum atomic E-state index is 13.6. The summed E-state index contributed by atoms with van der Waals surface area (Å²) in [5.41, 5.74) is 3.75. The molecule has 2 aliphatic heterocycles. The van der Waals surface area contributed by atoms with Crippen molar-refractivity contribution in [2.45, 2.75) is 11.6 Å². The summed E-state index contributed by atoms with van der Waals surface area (Å²) in [6.07, 6.45) is 0. The average molecular weight is 482 g/mol. The van der Waals surface area contributed by atoms with Gasteiger partial charge in [0.2, 0.25) is 0 Å². The summed E-state index contributed by atoms with van der Waals surface area (Å²) in [4.78, 5) is 17.7. The molecule has 3 aromatic rings. The maximum absolute atomic E-state index is 13.6. The molecule has 34 heavy (non-hydrogen) atoms. The van der Waals surface area contributed by atoms with Gasteiger partial charge in [0.25, 0.3) is 5.91 Å². The predicted molar refractivity (Wildman–Crippen MR) is 130 cm³/mol. The van der Waals surface area contributed by atoms with Gasteiger partial charge in [-0.05, 0) is 11.6 Å². The van der Waals surface area contributed by atoms with Gasteiger partial charge in [0.1, 0.15) is 17.4 Å². The highest BCUT2D eigenvalue weighted by Gasteiger charge is 2.33. The van der Waals surface area contributed by atoms with Crippen LogP contribution in [0.3, 0.4) is 0 Å². The van der Waals surface area contributed by atoms with E-state index in [0.29, 0.717) is 43.1 Å². The summed E-state index contributed by atoms with van der Waals surface area (Å²) in [6.45, 7) is 2.46. The molecule has 178 valence electrons. The van der Waals surface area contributed by atoms with Gasteiger partial charge in [0.05, 0.1) is 31.2 Å². The summed E-state index contributed by atoms with van der Waals surface area (Å²) in [6, 6.07) is 17.1. The Labute approximate surface area is 199 Å². The highest BCUT2D eigenvalue weighted by molar-refractivity contribution is 7.89. The van der Waals surface area contributed by atoms with Crippen molar-refractivity contribution in [2.75, 3.05) is 45.3 Å². The number of amides is 1. The number of rotatable bonds is 5. The molecule has 9 heteroatoms. The van der Waals surface area contributed by atoms with E-state index in [-0.39, 0.29) is 17.5 Å². The summed E-state index contributed by atoms with van der Waals surface area (Å²) in [5, 5.41) is 0. The van der Waals surface area contributed by atoms with Gasteiger partial charge in [-0.3, -0.25) is 4.79 Å². The fraction of sp³-hybridized carbons (Fsp3) is 0.320. The number of methoxy groups -OCH3 is 2. The van der Waals surface area contributed by atoms with Gasteiger partial charge in [0.15, 0.2) is 9.84 Å². The first-order valence-electron chi connectivity index (χ1n) is 11.1. The number of aromatic nitrogens is 1. The van der Waals surface area contributed by atoms with E-state index >= 15 is 0 Å². The largest absolute Gasteiger partial charge is 0.497 e. The lowest BCUT2D eigenvalue weighted by Crippen LogP contribution is -2.48. The van der Waals surface area contributed by atoms with Crippen LogP contribution in [0.5, 0.6) is 11.5 Å². The Kier molecular flexibility index (Phi) is 5.73. The van der Waals surface area contributed by atoms with Gasteiger partial charge in [-0.2, -0.15) is 0 Å². The number of benzene rings is 2. The number of ether oxygens (including phenoxy) is 2. The molecule has 0 saturated carbocycles. The van der Waals surface area contributed by atoms with E-state index in [2.05, 4.69) is 4.90 Å². The second-order valence-corrected chi connectivity index (χ2v) is 10.6. The highest BCUT2D eigenvalue weighted by Crippen LogP contribution is 2.34. The fourth-order valence-electron chi connectivity index (χ4n) is 4.72. The third-order valence-corrected chi connectivity index (χ3v) is 7.81. The van der Waals surface area contributed by atoms with Crippen molar-refractivity contribution in [3.8, 4) is 22.8 Å². The van der Waals surface area contributed by atoms with Crippen LogP contribution in [-0.2, 0) is 21.5 Å². The average Bonchev–Trinajstić information content (AvgIpc) is 3.35. The number of piperazine rings is 1. The van der Waals surface area contributed by atoms with Gasteiger partial charge < -0.3 is 23.8 Å². The van der Waals surface area contributed by atoms with Crippen molar-refractivity contribution in [3.63, 3.8) is 0 Å². The van der Waals surface area contributed by atoms with E-state index < -0.39 is 9.84 Å². The molecule has 0 radical (unpaired) electrons. The van der Waals surface area contributed by atoms with E-state index in [4.69, 9.17) is 9.47 Å². The Morgan fingerprint density at radius 1 is 0.882 bits per heavy atom. The van der Waals surface area contributed by atoms with Crippen molar-refractivity contribution in [3.05, 3.63) is 65.9 Å². The second kappa shape index (κ2) is 8.72. The van der Waals surface area contributed by atoms with Gasteiger partial charge in [-0.25, -0.2) is 8.42 Å². The molecule has 0 atom stereocenters. The normalized spacial score (nSPS) is 16.9. The monoisotopic (exact) mass is 481 g/mol. The molecular weight excluding hydrogens is 454 g/mol. The van der Waals surface area contributed by atoms with E-state index in [9.17, 15) is 13.2 Å². The van der Waals surface area contributed by atoms with Gasteiger partial charge in [0, 0.05) is 55.8 Å². The molecular formula is C25H27N3O5S. The van der Waals surface area contributed by atoms with E-state index in [1.54, 1.807) is 24.9 Å². The zero-order valence-electron chi connectivity index (χ0n) is 19.2. The number of sulfone groups is 1. The molecule has 8 nitrogen and oxygen atoms in total. The van der Waals surface area contributed by atoms with Crippen LogP contribution in [0.25, 0.3) is 11.3 Å². The van der Waals surface area contributed by atoms with Crippen LogP contribution in [0.15, 0.2) is 54.6 Å². The minimum absolute atomic E-state index is 0.0361. The molecule has 1 saturated heterocycles. The summed E-state index contributed by atoms with van der Waals surface area (Å²) >= 11 is 0. The minimum atomic E-state index is -3.20. The smallest absolute Gasteiger partial charge is 0.256 e. The topological polar surface area (TPSA) is 81.1 Å². The van der Waals surface area contributed by atoms with E-state index in [1.807, 2.05) is 53.4 Å². The van der Waals surface area contributed by atoms with E-state index in [0.717, 1.165) is 22.7 Å². The van der Waals surface area contributed by atoms with Crippen LogP contribution >= 0.6 is 0 Å². The number of hydrogen-bond donors (Lipinski definition) is 0. The first-order valence-corrected chi connectivity index (χ1v) is 13.0.